The van der Waals surface area contributed by atoms with Crippen molar-refractivity contribution in [3.63, 3.8) is 0 Å². The van der Waals surface area contributed by atoms with E-state index >= 15 is 0 Å². The summed E-state index contributed by atoms with van der Waals surface area (Å²) in [4.78, 5) is 1.15. The summed E-state index contributed by atoms with van der Waals surface area (Å²) in [6.45, 7) is 2.14. The Labute approximate surface area is 175 Å². The quantitative estimate of drug-likeness (QED) is 0.561. The third-order valence-electron chi connectivity index (χ3n) is 4.59. The first-order valence-electron chi connectivity index (χ1n) is 9.16. The average molecular weight is 428 g/mol. The standard InChI is InChI=1S/C23H19F3N2OS/c1-16-6-12-19(13-7-16)30(29)22-5-3-2-4-20(22)21(14-27)28-15-17-8-10-18(11-9-17)23(24,25)26/h2-13,21,28H,15H2,1H3/t21-,30-/m0/s1. The van der Waals surface area contributed by atoms with Gasteiger partial charge in [-0.25, -0.2) is 4.21 Å². The highest BCUT2D eigenvalue weighted by Crippen LogP contribution is 2.29. The van der Waals surface area contributed by atoms with Crippen LogP contribution < -0.4 is 5.32 Å². The van der Waals surface area contributed by atoms with Gasteiger partial charge in [0.15, 0.2) is 0 Å². The van der Waals surface area contributed by atoms with E-state index in [-0.39, 0.29) is 6.54 Å². The summed E-state index contributed by atoms with van der Waals surface area (Å²) in [5, 5.41) is 12.7. The number of rotatable bonds is 6. The molecule has 2 atom stereocenters. The first kappa shape index (κ1) is 21.8. The summed E-state index contributed by atoms with van der Waals surface area (Å²) < 4.78 is 51.2. The van der Waals surface area contributed by atoms with Crippen LogP contribution >= 0.6 is 0 Å². The summed E-state index contributed by atoms with van der Waals surface area (Å²) in [6.07, 6.45) is -4.39. The summed E-state index contributed by atoms with van der Waals surface area (Å²) >= 11 is 0. The molecule has 0 radical (unpaired) electrons. The fraction of sp³-hybridized carbons (Fsp3) is 0.174. The Morgan fingerprint density at radius 2 is 1.63 bits per heavy atom. The molecule has 0 aliphatic rings. The topological polar surface area (TPSA) is 52.9 Å². The number of hydrogen-bond donors (Lipinski definition) is 1. The van der Waals surface area contributed by atoms with Gasteiger partial charge in [-0.15, -0.1) is 0 Å². The van der Waals surface area contributed by atoms with Gasteiger partial charge in [-0.05, 0) is 48.4 Å². The molecule has 0 spiro atoms. The Kier molecular flexibility index (Phi) is 6.70. The van der Waals surface area contributed by atoms with Crippen LogP contribution in [0.3, 0.4) is 0 Å². The molecule has 0 bridgehead atoms. The van der Waals surface area contributed by atoms with Crippen LogP contribution in [0.2, 0.25) is 0 Å². The molecule has 0 saturated heterocycles. The van der Waals surface area contributed by atoms with Crippen molar-refractivity contribution in [2.75, 3.05) is 0 Å². The lowest BCUT2D eigenvalue weighted by molar-refractivity contribution is -0.137. The van der Waals surface area contributed by atoms with E-state index in [2.05, 4.69) is 11.4 Å². The Morgan fingerprint density at radius 1 is 1.00 bits per heavy atom. The number of alkyl halides is 3. The maximum absolute atomic E-state index is 13.1. The minimum absolute atomic E-state index is 0.196. The second-order valence-corrected chi connectivity index (χ2v) is 8.21. The van der Waals surface area contributed by atoms with E-state index in [1.807, 2.05) is 19.1 Å². The van der Waals surface area contributed by atoms with Gasteiger partial charge in [0.05, 0.1) is 22.4 Å². The van der Waals surface area contributed by atoms with Gasteiger partial charge in [-0.2, -0.15) is 18.4 Å². The molecule has 1 N–H and O–H groups in total. The predicted octanol–water partition coefficient (Wildman–Crippen LogP) is 5.54. The monoisotopic (exact) mass is 428 g/mol. The maximum atomic E-state index is 13.1. The van der Waals surface area contributed by atoms with Crippen LogP contribution in [-0.2, 0) is 23.5 Å². The smallest absolute Gasteiger partial charge is 0.294 e. The first-order chi connectivity index (χ1) is 14.3. The van der Waals surface area contributed by atoms with E-state index in [1.54, 1.807) is 36.4 Å². The zero-order valence-electron chi connectivity index (χ0n) is 16.1. The van der Waals surface area contributed by atoms with Crippen LogP contribution in [-0.4, -0.2) is 4.21 Å². The van der Waals surface area contributed by atoms with Crippen molar-refractivity contribution in [2.45, 2.75) is 35.5 Å². The molecule has 0 amide bonds. The van der Waals surface area contributed by atoms with E-state index < -0.39 is 28.6 Å². The largest absolute Gasteiger partial charge is 0.416 e. The van der Waals surface area contributed by atoms with Crippen molar-refractivity contribution in [2.24, 2.45) is 0 Å². The summed E-state index contributed by atoms with van der Waals surface area (Å²) in [5.41, 5.74) is 1.52. The van der Waals surface area contributed by atoms with Gasteiger partial charge in [0, 0.05) is 16.3 Å². The Hall–Kier alpha value is -2.95. The van der Waals surface area contributed by atoms with Crippen molar-refractivity contribution in [1.29, 1.82) is 5.26 Å². The van der Waals surface area contributed by atoms with Crippen LogP contribution in [0.5, 0.6) is 0 Å². The Balaban J connectivity index is 1.80. The van der Waals surface area contributed by atoms with Crippen LogP contribution in [0.4, 0.5) is 13.2 Å². The molecule has 7 heteroatoms. The van der Waals surface area contributed by atoms with Gasteiger partial charge in [0.25, 0.3) is 0 Å². The van der Waals surface area contributed by atoms with E-state index in [0.29, 0.717) is 20.9 Å². The van der Waals surface area contributed by atoms with Crippen LogP contribution in [0, 0.1) is 18.3 Å². The maximum Gasteiger partial charge on any atom is 0.416 e. The van der Waals surface area contributed by atoms with Crippen molar-refractivity contribution in [1.82, 2.24) is 5.32 Å². The Morgan fingerprint density at radius 3 is 2.23 bits per heavy atom. The van der Waals surface area contributed by atoms with E-state index in [1.165, 1.54) is 12.1 Å². The normalized spacial score (nSPS) is 13.4. The summed E-state index contributed by atoms with van der Waals surface area (Å²) in [7, 11) is -1.47. The van der Waals surface area contributed by atoms with Crippen molar-refractivity contribution in [3.8, 4) is 6.07 Å². The number of nitrogens with one attached hydrogen (secondary N) is 1. The number of hydrogen-bond acceptors (Lipinski definition) is 3. The van der Waals surface area contributed by atoms with E-state index in [0.717, 1.165) is 17.7 Å². The van der Waals surface area contributed by atoms with Crippen LogP contribution in [0.15, 0.2) is 82.6 Å². The highest BCUT2D eigenvalue weighted by atomic mass is 32.2. The SMILES string of the molecule is Cc1ccc([S@](=O)c2ccccc2[C@H](C#N)NCc2ccc(C(F)(F)F)cc2)cc1. The third-order valence-corrected chi connectivity index (χ3v) is 6.06. The molecule has 0 unspecified atom stereocenters. The number of nitriles is 1. The Bertz CT molecular complexity index is 1070. The average Bonchev–Trinajstić information content (AvgIpc) is 2.74. The van der Waals surface area contributed by atoms with Crippen LogP contribution in [0.25, 0.3) is 0 Å². The van der Waals surface area contributed by atoms with Crippen molar-refractivity contribution in [3.05, 3.63) is 95.1 Å². The molecule has 0 heterocycles. The summed E-state index contributed by atoms with van der Waals surface area (Å²) in [6, 6.07) is 20.5. The number of halogens is 3. The first-order valence-corrected chi connectivity index (χ1v) is 10.3. The molecule has 30 heavy (non-hydrogen) atoms. The van der Waals surface area contributed by atoms with Gasteiger partial charge < -0.3 is 0 Å². The lowest BCUT2D eigenvalue weighted by Gasteiger charge is -2.16. The van der Waals surface area contributed by atoms with Gasteiger partial charge in [-0.3, -0.25) is 5.32 Å². The molecule has 0 aliphatic carbocycles. The minimum atomic E-state index is -4.39. The van der Waals surface area contributed by atoms with E-state index in [9.17, 15) is 22.6 Å². The second kappa shape index (κ2) is 9.24. The van der Waals surface area contributed by atoms with E-state index in [4.69, 9.17) is 0 Å². The molecule has 3 nitrogen and oxygen atoms in total. The zero-order chi connectivity index (χ0) is 21.7. The number of nitrogens with zero attached hydrogens (tertiary/aromatic N) is 1. The number of aryl methyl sites for hydroxylation is 1. The molecule has 0 fully saturated rings. The molecular formula is C23H19F3N2OS. The van der Waals surface area contributed by atoms with Gasteiger partial charge in [0.1, 0.15) is 6.04 Å². The molecule has 3 rings (SSSR count). The lowest BCUT2D eigenvalue weighted by Crippen LogP contribution is -2.21. The second-order valence-electron chi connectivity index (χ2n) is 6.76. The molecule has 3 aromatic carbocycles. The molecule has 0 aliphatic heterocycles. The van der Waals surface area contributed by atoms with Gasteiger partial charge in [0.2, 0.25) is 0 Å². The van der Waals surface area contributed by atoms with Crippen LogP contribution in [0.1, 0.15) is 28.3 Å². The fourth-order valence-corrected chi connectivity index (χ4v) is 4.17. The lowest BCUT2D eigenvalue weighted by atomic mass is 10.1. The zero-order valence-corrected chi connectivity index (χ0v) is 16.9. The molecule has 0 saturated carbocycles. The highest BCUT2D eigenvalue weighted by Gasteiger charge is 2.30. The number of benzene rings is 3. The summed E-state index contributed by atoms with van der Waals surface area (Å²) in [5.74, 6) is 0. The molecule has 3 aromatic rings. The van der Waals surface area contributed by atoms with Crippen molar-refractivity contribution >= 4 is 10.8 Å². The minimum Gasteiger partial charge on any atom is -0.294 e. The highest BCUT2D eigenvalue weighted by molar-refractivity contribution is 7.85. The van der Waals surface area contributed by atoms with Gasteiger partial charge >= 0.3 is 6.18 Å². The predicted molar refractivity (Wildman–Crippen MR) is 109 cm³/mol. The molecule has 154 valence electrons. The fourth-order valence-electron chi connectivity index (χ4n) is 2.93. The molecule has 0 aromatic heterocycles. The van der Waals surface area contributed by atoms with Crippen molar-refractivity contribution < 1.29 is 17.4 Å². The molecular weight excluding hydrogens is 409 g/mol. The third kappa shape index (κ3) is 5.15. The van der Waals surface area contributed by atoms with Gasteiger partial charge in [-0.1, -0.05) is 48.0 Å².